The second kappa shape index (κ2) is 5.25. The average molecular weight is 285 g/mol. The molecule has 0 aromatic heterocycles. The molecule has 0 aromatic carbocycles. The van der Waals surface area contributed by atoms with E-state index in [2.05, 4.69) is 10.2 Å². The van der Waals surface area contributed by atoms with Crippen molar-refractivity contribution < 1.29 is 4.79 Å². The molecule has 1 amide bonds. The van der Waals surface area contributed by atoms with Gasteiger partial charge in [0.1, 0.15) is 0 Å². The summed E-state index contributed by atoms with van der Waals surface area (Å²) in [6, 6.07) is 1.27. The Balaban J connectivity index is 0.00000110. The number of carbonyl (C=O) groups is 1. The van der Waals surface area contributed by atoms with E-state index in [-0.39, 0.29) is 12.4 Å². The van der Waals surface area contributed by atoms with Crippen LogP contribution < -0.4 is 5.32 Å². The van der Waals surface area contributed by atoms with Crippen LogP contribution in [-0.4, -0.2) is 36.0 Å². The number of nitrogens with one attached hydrogen (secondary N) is 1. The Hall–Kier alpha value is -0.280. The van der Waals surface area contributed by atoms with Gasteiger partial charge in [0.25, 0.3) is 0 Å². The maximum atomic E-state index is 12.7. The predicted molar refractivity (Wildman–Crippen MR) is 77.3 cm³/mol. The van der Waals surface area contributed by atoms with Gasteiger partial charge in [-0.3, -0.25) is 4.79 Å². The highest BCUT2D eigenvalue weighted by atomic mass is 35.5. The first-order chi connectivity index (χ1) is 8.83. The Morgan fingerprint density at radius 2 is 1.63 bits per heavy atom. The molecule has 4 fully saturated rings. The molecule has 4 heteroatoms. The lowest BCUT2D eigenvalue weighted by Crippen LogP contribution is -2.40. The maximum absolute atomic E-state index is 12.7. The fourth-order valence-corrected chi connectivity index (χ4v) is 4.71. The molecule has 4 unspecified atom stereocenters. The molecule has 19 heavy (non-hydrogen) atoms. The minimum absolute atomic E-state index is 0. The van der Waals surface area contributed by atoms with Gasteiger partial charge in [0.2, 0.25) is 5.91 Å². The zero-order chi connectivity index (χ0) is 12.1. The zero-order valence-electron chi connectivity index (χ0n) is 11.5. The van der Waals surface area contributed by atoms with Crippen molar-refractivity contribution in [3.63, 3.8) is 0 Å². The second-order valence-electron chi connectivity index (χ2n) is 6.85. The number of fused-ring (bicyclic) bond motifs is 3. The van der Waals surface area contributed by atoms with Crippen LogP contribution >= 0.6 is 12.4 Å². The van der Waals surface area contributed by atoms with E-state index in [9.17, 15) is 4.79 Å². The predicted octanol–water partition coefficient (Wildman–Crippen LogP) is 2.20. The molecule has 2 heterocycles. The van der Waals surface area contributed by atoms with Gasteiger partial charge in [-0.05, 0) is 43.9 Å². The van der Waals surface area contributed by atoms with Gasteiger partial charge in [0, 0.05) is 31.1 Å². The van der Waals surface area contributed by atoms with Crippen molar-refractivity contribution in [1.82, 2.24) is 10.2 Å². The summed E-state index contributed by atoms with van der Waals surface area (Å²) in [6.45, 7) is 1.98. The summed E-state index contributed by atoms with van der Waals surface area (Å²) in [5.74, 6) is 2.45. The Morgan fingerprint density at radius 3 is 2.37 bits per heavy atom. The number of carbonyl (C=O) groups excluding carboxylic acids is 1. The monoisotopic (exact) mass is 284 g/mol. The molecule has 2 aliphatic heterocycles. The molecule has 4 rings (SSSR count). The van der Waals surface area contributed by atoms with Gasteiger partial charge in [-0.1, -0.05) is 12.8 Å². The third kappa shape index (κ3) is 2.40. The summed E-state index contributed by atoms with van der Waals surface area (Å²) in [5.41, 5.74) is 0. The fraction of sp³-hybridized carbons (Fsp3) is 0.933. The molecule has 108 valence electrons. The largest absolute Gasteiger partial charge is 0.341 e. The number of halogens is 1. The summed E-state index contributed by atoms with van der Waals surface area (Å²) in [7, 11) is 0. The lowest BCUT2D eigenvalue weighted by Gasteiger charge is -2.24. The Bertz CT molecular complexity index is 350. The molecule has 0 aromatic rings. The van der Waals surface area contributed by atoms with Gasteiger partial charge in [0.05, 0.1) is 0 Å². The van der Waals surface area contributed by atoms with Crippen molar-refractivity contribution in [1.29, 1.82) is 0 Å². The molecular weight excluding hydrogens is 260 g/mol. The third-order valence-corrected chi connectivity index (χ3v) is 5.78. The molecule has 4 aliphatic rings. The molecule has 0 radical (unpaired) electrons. The van der Waals surface area contributed by atoms with Gasteiger partial charge >= 0.3 is 0 Å². The molecule has 4 atom stereocenters. The van der Waals surface area contributed by atoms with E-state index < -0.39 is 0 Å². The Morgan fingerprint density at radius 1 is 0.947 bits per heavy atom. The van der Waals surface area contributed by atoms with Crippen LogP contribution in [0.3, 0.4) is 0 Å². The Labute approximate surface area is 121 Å². The molecule has 0 spiro atoms. The first-order valence-electron chi connectivity index (χ1n) is 7.88. The lowest BCUT2D eigenvalue weighted by atomic mass is 10.0. The summed E-state index contributed by atoms with van der Waals surface area (Å²) in [6.07, 6.45) is 9.12. The standard InChI is InChI=1S/C15H24N2O.ClH/c18-15(14-12-3-1-2-4-13(12)14)17-8-7-10-5-6-11(9-17)16-10;/h10-14,16H,1-9H2;1H. The minimum Gasteiger partial charge on any atom is -0.341 e. The highest BCUT2D eigenvalue weighted by Gasteiger charge is 2.56. The van der Waals surface area contributed by atoms with Crippen LogP contribution in [0.4, 0.5) is 0 Å². The average Bonchev–Trinajstić information content (AvgIpc) is 3.00. The van der Waals surface area contributed by atoms with Crippen LogP contribution in [0, 0.1) is 17.8 Å². The van der Waals surface area contributed by atoms with Gasteiger partial charge in [0.15, 0.2) is 0 Å². The van der Waals surface area contributed by atoms with Crippen LogP contribution in [0.2, 0.25) is 0 Å². The zero-order valence-corrected chi connectivity index (χ0v) is 12.3. The van der Waals surface area contributed by atoms with E-state index in [0.717, 1.165) is 24.9 Å². The normalized spacial score (nSPS) is 44.0. The maximum Gasteiger partial charge on any atom is 0.226 e. The molecule has 2 saturated heterocycles. The number of amides is 1. The molecule has 2 bridgehead atoms. The smallest absolute Gasteiger partial charge is 0.226 e. The molecule has 2 saturated carbocycles. The van der Waals surface area contributed by atoms with E-state index in [0.29, 0.717) is 23.9 Å². The summed E-state index contributed by atoms with van der Waals surface area (Å²) >= 11 is 0. The highest BCUT2D eigenvalue weighted by molar-refractivity contribution is 5.85. The van der Waals surface area contributed by atoms with Crippen LogP contribution in [0.15, 0.2) is 0 Å². The van der Waals surface area contributed by atoms with E-state index >= 15 is 0 Å². The van der Waals surface area contributed by atoms with Crippen molar-refractivity contribution in [3.8, 4) is 0 Å². The molecule has 2 aliphatic carbocycles. The van der Waals surface area contributed by atoms with Gasteiger partial charge < -0.3 is 10.2 Å². The topological polar surface area (TPSA) is 32.3 Å². The van der Waals surface area contributed by atoms with Crippen molar-refractivity contribution in [2.24, 2.45) is 17.8 Å². The lowest BCUT2D eigenvalue weighted by molar-refractivity contribution is -0.133. The number of likely N-dealkylation sites (tertiary alicyclic amines) is 1. The number of nitrogens with zero attached hydrogens (tertiary/aromatic N) is 1. The van der Waals surface area contributed by atoms with E-state index in [4.69, 9.17) is 0 Å². The van der Waals surface area contributed by atoms with Crippen molar-refractivity contribution in [3.05, 3.63) is 0 Å². The second-order valence-corrected chi connectivity index (χ2v) is 6.85. The van der Waals surface area contributed by atoms with E-state index in [1.54, 1.807) is 0 Å². The summed E-state index contributed by atoms with van der Waals surface area (Å²) < 4.78 is 0. The highest BCUT2D eigenvalue weighted by Crippen LogP contribution is 2.56. The minimum atomic E-state index is 0. The van der Waals surface area contributed by atoms with Crippen molar-refractivity contribution in [2.45, 2.75) is 57.0 Å². The van der Waals surface area contributed by atoms with E-state index in [1.807, 2.05) is 0 Å². The van der Waals surface area contributed by atoms with Gasteiger partial charge in [-0.2, -0.15) is 0 Å². The van der Waals surface area contributed by atoms with Crippen LogP contribution in [0.1, 0.15) is 44.9 Å². The van der Waals surface area contributed by atoms with Crippen molar-refractivity contribution >= 4 is 18.3 Å². The molecule has 3 nitrogen and oxygen atoms in total. The number of hydrogen-bond acceptors (Lipinski definition) is 2. The molecule has 1 N–H and O–H groups in total. The van der Waals surface area contributed by atoms with Crippen molar-refractivity contribution in [2.75, 3.05) is 13.1 Å². The first kappa shape index (κ1) is 13.7. The van der Waals surface area contributed by atoms with Crippen LogP contribution in [-0.2, 0) is 4.79 Å². The first-order valence-corrected chi connectivity index (χ1v) is 7.88. The third-order valence-electron chi connectivity index (χ3n) is 5.78. The number of hydrogen-bond donors (Lipinski definition) is 1. The van der Waals surface area contributed by atoms with E-state index in [1.165, 1.54) is 44.9 Å². The fourth-order valence-electron chi connectivity index (χ4n) is 4.71. The molecular formula is C15H25ClN2O. The van der Waals surface area contributed by atoms with Crippen LogP contribution in [0.5, 0.6) is 0 Å². The van der Waals surface area contributed by atoms with Gasteiger partial charge in [-0.15, -0.1) is 12.4 Å². The quantitative estimate of drug-likeness (QED) is 0.801. The number of rotatable bonds is 1. The summed E-state index contributed by atoms with van der Waals surface area (Å²) in [5, 5.41) is 3.67. The van der Waals surface area contributed by atoms with Crippen LogP contribution in [0.25, 0.3) is 0 Å². The van der Waals surface area contributed by atoms with Gasteiger partial charge in [-0.25, -0.2) is 0 Å². The summed E-state index contributed by atoms with van der Waals surface area (Å²) in [4.78, 5) is 14.8. The SMILES string of the molecule is Cl.O=C(C1C2CCCCC21)N1CCC2CCC(C1)N2. The Kier molecular flexibility index (Phi) is 3.78.